The van der Waals surface area contributed by atoms with E-state index in [0.29, 0.717) is 29.9 Å². The molecule has 23 heavy (non-hydrogen) atoms. The molecule has 2 aromatic carbocycles. The van der Waals surface area contributed by atoms with Crippen molar-refractivity contribution in [3.63, 3.8) is 0 Å². The largest absolute Gasteiger partial charge is 0.369 e. The summed E-state index contributed by atoms with van der Waals surface area (Å²) in [5.74, 6) is -0.282. The predicted octanol–water partition coefficient (Wildman–Crippen LogP) is 3.98. The molecular formula is C20H21NO2. The molecule has 0 aliphatic carbocycles. The van der Waals surface area contributed by atoms with Gasteiger partial charge in [0.25, 0.3) is 0 Å². The minimum absolute atomic E-state index is 0.126. The fourth-order valence-electron chi connectivity index (χ4n) is 2.41. The van der Waals surface area contributed by atoms with Gasteiger partial charge in [-0.25, -0.2) is 0 Å². The summed E-state index contributed by atoms with van der Waals surface area (Å²) in [4.78, 5) is 27.2. The molecule has 0 radical (unpaired) electrons. The van der Waals surface area contributed by atoms with Crippen LogP contribution in [0.5, 0.6) is 0 Å². The van der Waals surface area contributed by atoms with Crippen LogP contribution in [-0.2, 0) is 0 Å². The highest BCUT2D eigenvalue weighted by atomic mass is 16.1. The number of nitrogens with zero attached hydrogens (tertiary/aromatic N) is 1. The maximum absolute atomic E-state index is 12.8. The standard InChI is InChI=1S/C20H21NO2/c1-3-21(4-2)18(20(23)17-13-9-6-10-14-17)15-19(22)16-11-7-5-8-12-16/h5-15H,3-4H2,1-2H3/b18-15-. The molecule has 3 nitrogen and oxygen atoms in total. The van der Waals surface area contributed by atoms with E-state index in [1.54, 1.807) is 24.3 Å². The summed E-state index contributed by atoms with van der Waals surface area (Å²) in [7, 11) is 0. The highest BCUT2D eigenvalue weighted by Crippen LogP contribution is 2.14. The molecule has 0 heterocycles. The molecule has 0 amide bonds. The molecule has 2 rings (SSSR count). The molecule has 2 aromatic rings. The Morgan fingerprint density at radius 3 is 1.78 bits per heavy atom. The Kier molecular flexibility index (Phi) is 5.87. The highest BCUT2D eigenvalue weighted by Gasteiger charge is 2.18. The van der Waals surface area contributed by atoms with Gasteiger partial charge in [0.05, 0.1) is 5.70 Å². The van der Waals surface area contributed by atoms with Crippen molar-refractivity contribution in [3.8, 4) is 0 Å². The fourth-order valence-corrected chi connectivity index (χ4v) is 2.41. The lowest BCUT2D eigenvalue weighted by molar-refractivity contribution is 0.0975. The number of benzene rings is 2. The van der Waals surface area contributed by atoms with Crippen molar-refractivity contribution in [1.82, 2.24) is 4.90 Å². The quantitative estimate of drug-likeness (QED) is 0.573. The first-order chi connectivity index (χ1) is 11.2. The molecule has 0 aliphatic heterocycles. The van der Waals surface area contributed by atoms with Gasteiger partial charge in [-0.05, 0) is 13.8 Å². The van der Waals surface area contributed by atoms with E-state index in [4.69, 9.17) is 0 Å². The van der Waals surface area contributed by atoms with Crippen LogP contribution in [0, 0.1) is 0 Å². The third-order valence-corrected chi connectivity index (χ3v) is 3.70. The maximum Gasteiger partial charge on any atom is 0.209 e. The van der Waals surface area contributed by atoms with Crippen LogP contribution in [0.1, 0.15) is 34.6 Å². The highest BCUT2D eigenvalue weighted by molar-refractivity contribution is 6.14. The van der Waals surface area contributed by atoms with Crippen molar-refractivity contribution in [2.24, 2.45) is 0 Å². The third kappa shape index (κ3) is 4.16. The zero-order valence-electron chi connectivity index (χ0n) is 13.5. The number of carbonyl (C=O) groups is 2. The number of Topliss-reactive ketones (excluding diaryl/α,β-unsaturated/α-hetero) is 1. The summed E-state index contributed by atoms with van der Waals surface area (Å²) in [6, 6.07) is 18.1. The van der Waals surface area contributed by atoms with E-state index < -0.39 is 0 Å². The van der Waals surface area contributed by atoms with Gasteiger partial charge in [-0.1, -0.05) is 60.7 Å². The SMILES string of the molecule is CCN(CC)/C(=C\C(=O)c1ccccc1)C(=O)c1ccccc1. The number of allylic oxidation sites excluding steroid dienone is 2. The summed E-state index contributed by atoms with van der Waals surface area (Å²) >= 11 is 0. The molecule has 0 spiro atoms. The lowest BCUT2D eigenvalue weighted by Gasteiger charge is -2.23. The van der Waals surface area contributed by atoms with E-state index in [1.165, 1.54) is 6.08 Å². The van der Waals surface area contributed by atoms with Crippen LogP contribution in [-0.4, -0.2) is 29.6 Å². The lowest BCUT2D eigenvalue weighted by Crippen LogP contribution is -2.28. The van der Waals surface area contributed by atoms with Crippen LogP contribution in [0.15, 0.2) is 72.4 Å². The second-order valence-electron chi connectivity index (χ2n) is 5.13. The first-order valence-corrected chi connectivity index (χ1v) is 7.83. The predicted molar refractivity (Wildman–Crippen MR) is 92.5 cm³/mol. The number of carbonyl (C=O) groups excluding carboxylic acids is 2. The zero-order chi connectivity index (χ0) is 16.7. The van der Waals surface area contributed by atoms with Gasteiger partial charge in [-0.15, -0.1) is 0 Å². The Balaban J connectivity index is 2.40. The Hall–Kier alpha value is -2.68. The van der Waals surface area contributed by atoms with Crippen molar-refractivity contribution >= 4 is 11.6 Å². The number of hydrogen-bond acceptors (Lipinski definition) is 3. The number of likely N-dealkylation sites (N-methyl/N-ethyl adjacent to an activating group) is 1. The normalized spacial score (nSPS) is 11.1. The van der Waals surface area contributed by atoms with Crippen molar-refractivity contribution in [1.29, 1.82) is 0 Å². The second kappa shape index (κ2) is 8.08. The number of hydrogen-bond donors (Lipinski definition) is 0. The summed E-state index contributed by atoms with van der Waals surface area (Å²) < 4.78 is 0. The summed E-state index contributed by atoms with van der Waals surface area (Å²) in [5.41, 5.74) is 1.61. The average molecular weight is 307 g/mol. The van der Waals surface area contributed by atoms with Crippen LogP contribution < -0.4 is 0 Å². The van der Waals surface area contributed by atoms with E-state index in [-0.39, 0.29) is 11.6 Å². The van der Waals surface area contributed by atoms with Crippen LogP contribution in [0.3, 0.4) is 0 Å². The van der Waals surface area contributed by atoms with Gasteiger partial charge in [0.1, 0.15) is 0 Å². The van der Waals surface area contributed by atoms with Crippen molar-refractivity contribution < 1.29 is 9.59 Å². The molecule has 0 unspecified atom stereocenters. The molecule has 0 atom stereocenters. The Morgan fingerprint density at radius 1 is 0.826 bits per heavy atom. The van der Waals surface area contributed by atoms with Gasteiger partial charge in [-0.3, -0.25) is 9.59 Å². The van der Waals surface area contributed by atoms with Crippen molar-refractivity contribution in [2.45, 2.75) is 13.8 Å². The van der Waals surface area contributed by atoms with Crippen LogP contribution in [0.2, 0.25) is 0 Å². The molecule has 118 valence electrons. The maximum atomic E-state index is 12.8. The van der Waals surface area contributed by atoms with Gasteiger partial charge in [0.15, 0.2) is 5.78 Å². The fraction of sp³-hybridized carbons (Fsp3) is 0.200. The second-order valence-corrected chi connectivity index (χ2v) is 5.13. The summed E-state index contributed by atoms with van der Waals surface area (Å²) in [6.07, 6.45) is 1.46. The molecule has 0 saturated carbocycles. The number of rotatable bonds is 7. The molecule has 0 aromatic heterocycles. The van der Waals surface area contributed by atoms with Crippen LogP contribution >= 0.6 is 0 Å². The minimum atomic E-state index is -0.156. The van der Waals surface area contributed by atoms with E-state index >= 15 is 0 Å². The molecule has 3 heteroatoms. The van der Waals surface area contributed by atoms with Crippen LogP contribution in [0.4, 0.5) is 0 Å². The summed E-state index contributed by atoms with van der Waals surface area (Å²) in [6.45, 7) is 5.29. The van der Waals surface area contributed by atoms with Gasteiger partial charge in [0, 0.05) is 30.3 Å². The third-order valence-electron chi connectivity index (χ3n) is 3.70. The monoisotopic (exact) mass is 307 g/mol. The zero-order valence-corrected chi connectivity index (χ0v) is 13.5. The molecule has 0 saturated heterocycles. The number of ketones is 2. The molecule has 0 bridgehead atoms. The Bertz CT molecular complexity index is 686. The lowest BCUT2D eigenvalue weighted by atomic mass is 10.0. The Morgan fingerprint density at radius 2 is 1.30 bits per heavy atom. The van der Waals surface area contributed by atoms with Gasteiger partial charge < -0.3 is 4.90 Å². The topological polar surface area (TPSA) is 37.4 Å². The first kappa shape index (κ1) is 16.7. The van der Waals surface area contributed by atoms with Crippen molar-refractivity contribution in [2.75, 3.05) is 13.1 Å². The summed E-state index contributed by atoms with van der Waals surface area (Å²) in [5, 5.41) is 0. The first-order valence-electron chi connectivity index (χ1n) is 7.83. The van der Waals surface area contributed by atoms with E-state index in [2.05, 4.69) is 0 Å². The van der Waals surface area contributed by atoms with Crippen LogP contribution in [0.25, 0.3) is 0 Å². The average Bonchev–Trinajstić information content (AvgIpc) is 2.62. The van der Waals surface area contributed by atoms with Gasteiger partial charge >= 0.3 is 0 Å². The smallest absolute Gasteiger partial charge is 0.209 e. The molecule has 0 N–H and O–H groups in total. The Labute approximate surface area is 137 Å². The minimum Gasteiger partial charge on any atom is -0.369 e. The molecule has 0 aliphatic rings. The van der Waals surface area contributed by atoms with E-state index in [9.17, 15) is 9.59 Å². The molecule has 0 fully saturated rings. The van der Waals surface area contributed by atoms with E-state index in [0.717, 1.165) is 0 Å². The molecular weight excluding hydrogens is 286 g/mol. The van der Waals surface area contributed by atoms with Gasteiger partial charge in [-0.2, -0.15) is 0 Å². The van der Waals surface area contributed by atoms with Gasteiger partial charge in [0.2, 0.25) is 5.78 Å². The van der Waals surface area contributed by atoms with E-state index in [1.807, 2.05) is 55.1 Å². The van der Waals surface area contributed by atoms with Crippen molar-refractivity contribution in [3.05, 3.63) is 83.6 Å².